The van der Waals surface area contributed by atoms with Gasteiger partial charge in [0, 0.05) is 13.8 Å². The number of halogens is 1. The minimum Gasteiger partial charge on any atom is -0.294 e. The highest BCUT2D eigenvalue weighted by Gasteiger charge is 2.10. The van der Waals surface area contributed by atoms with Crippen molar-refractivity contribution in [2.75, 3.05) is 0 Å². The molecule has 64 valence electrons. The van der Waals surface area contributed by atoms with Crippen LogP contribution >= 0.6 is 0 Å². The van der Waals surface area contributed by atoms with E-state index in [2.05, 4.69) is 0 Å². The minimum atomic E-state index is -2.88. The number of benzene rings is 1. The molecular formula is C10H11FO. The van der Waals surface area contributed by atoms with Crippen molar-refractivity contribution in [1.29, 1.82) is 0 Å². The number of rotatable bonds is 1. The standard InChI is InChI=1S/C10H11FO/c1-6-4-5-9(11)7(2)10(6)8(3)12/h4-5H,1-3H3/i1D3,2D3. The van der Waals surface area contributed by atoms with E-state index in [1.165, 1.54) is 0 Å². The number of carbonyl (C=O) groups excluding carboxylic acids is 1. The maximum atomic E-state index is 13.6. The topological polar surface area (TPSA) is 17.1 Å². The summed E-state index contributed by atoms with van der Waals surface area (Å²) >= 11 is 0. The fourth-order valence-corrected chi connectivity index (χ4v) is 0.943. The smallest absolute Gasteiger partial charge is 0.160 e. The number of Topliss-reactive ketones (excluding diaryl/α,β-unsaturated/α-hetero) is 1. The van der Waals surface area contributed by atoms with Gasteiger partial charge in [0.15, 0.2) is 5.78 Å². The molecule has 0 aliphatic carbocycles. The zero-order chi connectivity index (χ0) is 14.3. The van der Waals surface area contributed by atoms with Crippen LogP contribution in [0.15, 0.2) is 12.1 Å². The number of hydrogen-bond acceptors (Lipinski definition) is 1. The molecular weight excluding hydrogens is 155 g/mol. The van der Waals surface area contributed by atoms with Crippen LogP contribution in [0.4, 0.5) is 4.39 Å². The van der Waals surface area contributed by atoms with Crippen molar-refractivity contribution < 1.29 is 17.4 Å². The summed E-state index contributed by atoms with van der Waals surface area (Å²) in [6, 6.07) is 1.68. The molecule has 0 bridgehead atoms. The number of aryl methyl sites for hydroxylation is 1. The summed E-state index contributed by atoms with van der Waals surface area (Å²) in [5.74, 6) is -1.89. The van der Waals surface area contributed by atoms with Crippen molar-refractivity contribution in [3.05, 3.63) is 34.6 Å². The summed E-state index contributed by atoms with van der Waals surface area (Å²) < 4.78 is 57.0. The Balaban J connectivity index is 3.76. The summed E-state index contributed by atoms with van der Waals surface area (Å²) in [6.45, 7) is -4.54. The molecule has 0 atom stereocenters. The molecule has 1 rings (SSSR count). The number of ketones is 1. The van der Waals surface area contributed by atoms with Crippen LogP contribution in [0.2, 0.25) is 0 Å². The van der Waals surface area contributed by atoms with Crippen molar-refractivity contribution in [1.82, 2.24) is 0 Å². The SMILES string of the molecule is [2H]C([2H])([2H])c1ccc(F)c(C([2H])([2H])[2H])c1C(C)=O. The van der Waals surface area contributed by atoms with Crippen molar-refractivity contribution in [2.24, 2.45) is 0 Å². The first-order chi connectivity index (χ1) is 7.96. The molecule has 1 aromatic rings. The zero-order valence-corrected chi connectivity index (χ0v) is 6.44. The highest BCUT2D eigenvalue weighted by molar-refractivity contribution is 5.96. The Labute approximate surface area is 79.6 Å². The monoisotopic (exact) mass is 172 g/mol. The third kappa shape index (κ3) is 1.37. The van der Waals surface area contributed by atoms with Crippen LogP contribution in [0.3, 0.4) is 0 Å². The Morgan fingerprint density at radius 2 is 2.25 bits per heavy atom. The molecule has 2 heteroatoms. The van der Waals surface area contributed by atoms with E-state index in [1.807, 2.05) is 0 Å². The summed E-state index contributed by atoms with van der Waals surface area (Å²) in [4.78, 5) is 11.5. The first kappa shape index (κ1) is 3.69. The molecule has 0 saturated carbocycles. The molecule has 0 heterocycles. The second kappa shape index (κ2) is 3.05. The van der Waals surface area contributed by atoms with E-state index in [4.69, 9.17) is 8.22 Å². The predicted molar refractivity (Wildman–Crippen MR) is 45.9 cm³/mol. The van der Waals surface area contributed by atoms with E-state index in [1.54, 1.807) is 0 Å². The first-order valence-corrected chi connectivity index (χ1v) is 3.30. The molecule has 12 heavy (non-hydrogen) atoms. The Morgan fingerprint density at radius 1 is 1.50 bits per heavy atom. The Morgan fingerprint density at radius 3 is 2.75 bits per heavy atom. The van der Waals surface area contributed by atoms with Gasteiger partial charge in [-0.2, -0.15) is 0 Å². The van der Waals surface area contributed by atoms with Gasteiger partial charge in [-0.3, -0.25) is 4.79 Å². The molecule has 0 N–H and O–H groups in total. The van der Waals surface area contributed by atoms with Crippen molar-refractivity contribution >= 4 is 5.78 Å². The fourth-order valence-electron chi connectivity index (χ4n) is 0.943. The highest BCUT2D eigenvalue weighted by Crippen LogP contribution is 2.17. The third-order valence-corrected chi connectivity index (χ3v) is 1.51. The Kier molecular flexibility index (Phi) is 0.938. The van der Waals surface area contributed by atoms with E-state index in [-0.39, 0.29) is 0 Å². The average molecular weight is 172 g/mol. The lowest BCUT2D eigenvalue weighted by Gasteiger charge is -2.06. The van der Waals surface area contributed by atoms with Crippen LogP contribution in [0.5, 0.6) is 0 Å². The molecule has 0 amide bonds. The molecule has 1 nitrogen and oxygen atoms in total. The van der Waals surface area contributed by atoms with Crippen molar-refractivity contribution in [2.45, 2.75) is 20.6 Å². The van der Waals surface area contributed by atoms with Gasteiger partial charge in [-0.25, -0.2) is 4.39 Å². The highest BCUT2D eigenvalue weighted by atomic mass is 19.1. The largest absolute Gasteiger partial charge is 0.294 e. The van der Waals surface area contributed by atoms with Crippen LogP contribution < -0.4 is 0 Å². The van der Waals surface area contributed by atoms with Crippen LogP contribution in [-0.2, 0) is 0 Å². The number of hydrogen-bond donors (Lipinski definition) is 0. The lowest BCUT2D eigenvalue weighted by Crippen LogP contribution is -2.01. The second-order valence-electron chi connectivity index (χ2n) is 2.40. The van der Waals surface area contributed by atoms with Gasteiger partial charge in [0.05, 0.1) is 0 Å². The van der Waals surface area contributed by atoms with Gasteiger partial charge in [-0.1, -0.05) is 6.07 Å². The molecule has 0 radical (unpaired) electrons. The van der Waals surface area contributed by atoms with Gasteiger partial charge in [0.25, 0.3) is 0 Å². The van der Waals surface area contributed by atoms with E-state index in [0.717, 1.165) is 19.1 Å². The molecule has 0 saturated heterocycles. The molecule has 0 unspecified atom stereocenters. The van der Waals surface area contributed by atoms with Crippen LogP contribution in [0, 0.1) is 19.5 Å². The molecule has 1 aromatic carbocycles. The minimum absolute atomic E-state index is 0.442. The predicted octanol–water partition coefficient (Wildman–Crippen LogP) is 2.65. The van der Waals surface area contributed by atoms with Gasteiger partial charge >= 0.3 is 0 Å². The van der Waals surface area contributed by atoms with Gasteiger partial charge in [-0.05, 0) is 37.8 Å². The maximum Gasteiger partial charge on any atom is 0.160 e. The summed E-state index contributed by atoms with van der Waals surface area (Å²) in [6.07, 6.45) is 0. The van der Waals surface area contributed by atoms with Crippen LogP contribution in [0.25, 0.3) is 0 Å². The van der Waals surface area contributed by atoms with E-state index in [0.29, 0.717) is 0 Å². The molecule has 0 aliphatic heterocycles. The first-order valence-electron chi connectivity index (χ1n) is 6.30. The summed E-state index contributed by atoms with van der Waals surface area (Å²) in [5, 5.41) is 0. The van der Waals surface area contributed by atoms with Crippen molar-refractivity contribution in [3.63, 3.8) is 0 Å². The quantitative estimate of drug-likeness (QED) is 0.595. The third-order valence-electron chi connectivity index (χ3n) is 1.51. The Hall–Kier alpha value is -1.18. The lowest BCUT2D eigenvalue weighted by atomic mass is 9.99. The number of carbonyl (C=O) groups is 1. The lowest BCUT2D eigenvalue weighted by molar-refractivity contribution is 0.101. The van der Waals surface area contributed by atoms with E-state index < -0.39 is 42.0 Å². The van der Waals surface area contributed by atoms with Gasteiger partial charge in [-0.15, -0.1) is 0 Å². The van der Waals surface area contributed by atoms with Crippen molar-refractivity contribution in [3.8, 4) is 0 Å². The van der Waals surface area contributed by atoms with Crippen LogP contribution in [-0.4, -0.2) is 5.78 Å². The van der Waals surface area contributed by atoms with E-state index >= 15 is 0 Å². The second-order valence-corrected chi connectivity index (χ2v) is 2.40. The molecule has 0 fully saturated rings. The van der Waals surface area contributed by atoms with Gasteiger partial charge in [0.2, 0.25) is 0 Å². The fraction of sp³-hybridized carbons (Fsp3) is 0.300. The molecule has 0 spiro atoms. The average Bonchev–Trinajstić information content (AvgIpc) is 2.12. The normalized spacial score (nSPS) is 19.5. The maximum absolute atomic E-state index is 13.6. The molecule has 0 aromatic heterocycles. The van der Waals surface area contributed by atoms with Crippen LogP contribution in [0.1, 0.15) is 36.6 Å². The zero-order valence-electron chi connectivity index (χ0n) is 12.4. The van der Waals surface area contributed by atoms with Gasteiger partial charge in [0.1, 0.15) is 5.82 Å². The summed E-state index contributed by atoms with van der Waals surface area (Å²) in [7, 11) is 0. The van der Waals surface area contributed by atoms with Gasteiger partial charge < -0.3 is 0 Å². The Bertz CT molecular complexity index is 488. The summed E-state index contributed by atoms with van der Waals surface area (Å²) in [5.41, 5.74) is -1.85. The molecule has 0 aliphatic rings. The van der Waals surface area contributed by atoms with E-state index in [9.17, 15) is 9.18 Å².